The zero-order valence-corrected chi connectivity index (χ0v) is 11.6. The van der Waals surface area contributed by atoms with Crippen LogP contribution in [0.1, 0.15) is 29.4 Å². The number of aromatic nitrogens is 3. The molecule has 0 amide bonds. The van der Waals surface area contributed by atoms with Crippen molar-refractivity contribution in [3.63, 3.8) is 0 Å². The molecule has 0 aromatic carbocycles. The fourth-order valence-corrected chi connectivity index (χ4v) is 2.33. The van der Waals surface area contributed by atoms with E-state index in [0.29, 0.717) is 11.6 Å². The van der Waals surface area contributed by atoms with Gasteiger partial charge in [0.15, 0.2) is 5.82 Å². The van der Waals surface area contributed by atoms with Gasteiger partial charge in [0.25, 0.3) is 0 Å². The van der Waals surface area contributed by atoms with Crippen molar-refractivity contribution in [3.05, 3.63) is 39.8 Å². The monoisotopic (exact) mass is 264 g/mol. The molecule has 0 radical (unpaired) electrons. The zero-order valence-electron chi connectivity index (χ0n) is 10.9. The number of pyridine rings is 1. The van der Waals surface area contributed by atoms with Crippen LogP contribution < -0.4 is 5.73 Å². The van der Waals surface area contributed by atoms with Crippen LogP contribution in [-0.2, 0) is 13.0 Å². The average molecular weight is 265 g/mol. The van der Waals surface area contributed by atoms with Crippen molar-refractivity contribution >= 4 is 11.6 Å². The first-order valence-corrected chi connectivity index (χ1v) is 6.36. The van der Waals surface area contributed by atoms with Crippen LogP contribution in [0.25, 0.3) is 5.82 Å². The number of nitrogens with two attached hydrogens (primary N) is 1. The van der Waals surface area contributed by atoms with Crippen molar-refractivity contribution in [3.8, 4) is 5.82 Å². The highest BCUT2D eigenvalue weighted by Gasteiger charge is 2.12. The maximum Gasteiger partial charge on any atom is 0.154 e. The molecule has 0 aliphatic heterocycles. The third kappa shape index (κ3) is 2.13. The molecule has 0 saturated heterocycles. The number of hydrogen-bond donors (Lipinski definition) is 1. The summed E-state index contributed by atoms with van der Waals surface area (Å²) in [6.07, 6.45) is 2.59. The van der Waals surface area contributed by atoms with Crippen LogP contribution in [-0.4, -0.2) is 14.8 Å². The minimum absolute atomic E-state index is 0.397. The van der Waals surface area contributed by atoms with Gasteiger partial charge in [0, 0.05) is 18.4 Å². The van der Waals surface area contributed by atoms with Gasteiger partial charge in [-0.15, -0.1) is 0 Å². The minimum atomic E-state index is 0.397. The fraction of sp³-hybridized carbons (Fsp3) is 0.385. The molecule has 0 aliphatic rings. The summed E-state index contributed by atoms with van der Waals surface area (Å²) in [4.78, 5) is 4.32. The lowest BCUT2D eigenvalue weighted by atomic mass is 10.1. The zero-order chi connectivity index (χ0) is 13.3. The molecule has 2 aromatic heterocycles. The van der Waals surface area contributed by atoms with Gasteiger partial charge in [-0.2, -0.15) is 5.10 Å². The van der Waals surface area contributed by atoms with E-state index in [4.69, 9.17) is 17.3 Å². The quantitative estimate of drug-likeness (QED) is 0.927. The van der Waals surface area contributed by atoms with Gasteiger partial charge in [0.2, 0.25) is 0 Å². The molecule has 18 heavy (non-hydrogen) atoms. The Balaban J connectivity index is 2.55. The first kappa shape index (κ1) is 13.1. The van der Waals surface area contributed by atoms with Crippen molar-refractivity contribution in [2.75, 3.05) is 0 Å². The molecule has 2 N–H and O–H groups in total. The summed E-state index contributed by atoms with van der Waals surface area (Å²) < 4.78 is 1.85. The molecule has 0 saturated carbocycles. The van der Waals surface area contributed by atoms with Gasteiger partial charge < -0.3 is 5.73 Å². The second kappa shape index (κ2) is 5.08. The lowest BCUT2D eigenvalue weighted by Gasteiger charge is -2.07. The molecule has 0 aliphatic carbocycles. The molecule has 5 heteroatoms. The SMILES string of the molecule is CCc1c(C)nn(-c2cc(CN)c(Cl)cn2)c1C. The number of hydrogen-bond acceptors (Lipinski definition) is 3. The highest BCUT2D eigenvalue weighted by Crippen LogP contribution is 2.20. The normalized spacial score (nSPS) is 10.9. The van der Waals surface area contributed by atoms with Gasteiger partial charge >= 0.3 is 0 Å². The smallest absolute Gasteiger partial charge is 0.154 e. The highest BCUT2D eigenvalue weighted by molar-refractivity contribution is 6.31. The predicted molar refractivity (Wildman–Crippen MR) is 73.1 cm³/mol. The Labute approximate surface area is 112 Å². The summed E-state index contributed by atoms with van der Waals surface area (Å²) in [5.74, 6) is 0.764. The summed E-state index contributed by atoms with van der Waals surface area (Å²) in [5, 5.41) is 5.12. The minimum Gasteiger partial charge on any atom is -0.326 e. The van der Waals surface area contributed by atoms with Gasteiger partial charge in [-0.1, -0.05) is 18.5 Å². The van der Waals surface area contributed by atoms with Crippen molar-refractivity contribution in [1.82, 2.24) is 14.8 Å². The summed E-state index contributed by atoms with van der Waals surface area (Å²) in [6, 6.07) is 1.89. The van der Waals surface area contributed by atoms with E-state index in [-0.39, 0.29) is 0 Å². The van der Waals surface area contributed by atoms with Crippen molar-refractivity contribution < 1.29 is 0 Å². The molecule has 0 unspecified atom stereocenters. The number of nitrogens with zero attached hydrogens (tertiary/aromatic N) is 3. The molecule has 4 nitrogen and oxygen atoms in total. The molecule has 2 heterocycles. The van der Waals surface area contributed by atoms with Crippen LogP contribution in [0, 0.1) is 13.8 Å². The van der Waals surface area contributed by atoms with Gasteiger partial charge in [0.05, 0.1) is 10.7 Å². The molecule has 96 valence electrons. The molecule has 2 rings (SSSR count). The predicted octanol–water partition coefficient (Wildman–Crippen LogP) is 2.56. The number of halogens is 1. The van der Waals surface area contributed by atoms with E-state index < -0.39 is 0 Å². The van der Waals surface area contributed by atoms with Crippen LogP contribution >= 0.6 is 11.6 Å². The van der Waals surface area contributed by atoms with Gasteiger partial charge in [-0.3, -0.25) is 0 Å². The third-order valence-corrected chi connectivity index (χ3v) is 3.49. The Morgan fingerprint density at radius 2 is 2.11 bits per heavy atom. The van der Waals surface area contributed by atoms with Gasteiger partial charge in [-0.25, -0.2) is 9.67 Å². The topological polar surface area (TPSA) is 56.7 Å². The second-order valence-corrected chi connectivity index (χ2v) is 4.66. The molecular weight excluding hydrogens is 248 g/mol. The summed E-state index contributed by atoms with van der Waals surface area (Å²) in [6.45, 7) is 6.59. The van der Waals surface area contributed by atoms with Crippen LogP contribution in [0.4, 0.5) is 0 Å². The van der Waals surface area contributed by atoms with E-state index >= 15 is 0 Å². The molecular formula is C13H17ClN4. The Morgan fingerprint density at radius 1 is 1.39 bits per heavy atom. The molecule has 0 spiro atoms. The molecule has 0 atom stereocenters. The number of aryl methyl sites for hydroxylation is 1. The van der Waals surface area contributed by atoms with E-state index in [1.54, 1.807) is 6.20 Å². The molecule has 0 fully saturated rings. The average Bonchev–Trinajstić information content (AvgIpc) is 2.65. The first-order valence-electron chi connectivity index (χ1n) is 5.98. The van der Waals surface area contributed by atoms with Crippen molar-refractivity contribution in [2.45, 2.75) is 33.7 Å². The second-order valence-electron chi connectivity index (χ2n) is 4.25. The lowest BCUT2D eigenvalue weighted by molar-refractivity contribution is 0.801. The molecule has 2 aromatic rings. The van der Waals surface area contributed by atoms with Crippen LogP contribution in [0.2, 0.25) is 5.02 Å². The maximum atomic E-state index is 6.02. The summed E-state index contributed by atoms with van der Waals surface area (Å²) in [7, 11) is 0. The maximum absolute atomic E-state index is 6.02. The van der Waals surface area contributed by atoms with E-state index in [1.165, 1.54) is 5.56 Å². The van der Waals surface area contributed by atoms with E-state index in [1.807, 2.05) is 17.7 Å². The van der Waals surface area contributed by atoms with Crippen molar-refractivity contribution in [1.29, 1.82) is 0 Å². The Morgan fingerprint density at radius 3 is 2.67 bits per heavy atom. The number of rotatable bonds is 3. The Bertz CT molecular complexity index is 575. The van der Waals surface area contributed by atoms with Crippen molar-refractivity contribution in [2.24, 2.45) is 5.73 Å². The van der Waals surface area contributed by atoms with Gasteiger partial charge in [0.1, 0.15) is 0 Å². The molecule has 0 bridgehead atoms. The van der Waals surface area contributed by atoms with Crippen LogP contribution in [0.5, 0.6) is 0 Å². The highest BCUT2D eigenvalue weighted by atomic mass is 35.5. The van der Waals surface area contributed by atoms with E-state index in [9.17, 15) is 0 Å². The lowest BCUT2D eigenvalue weighted by Crippen LogP contribution is -2.05. The fourth-order valence-electron chi connectivity index (χ4n) is 2.15. The third-order valence-electron chi connectivity index (χ3n) is 3.15. The van der Waals surface area contributed by atoms with Gasteiger partial charge in [-0.05, 0) is 37.5 Å². The van der Waals surface area contributed by atoms with Crippen LogP contribution in [0.15, 0.2) is 12.3 Å². The first-order chi connectivity index (χ1) is 8.58. The van der Waals surface area contributed by atoms with E-state index in [0.717, 1.165) is 29.2 Å². The Kier molecular flexibility index (Phi) is 3.68. The standard InChI is InChI=1S/C13H17ClN4/c1-4-11-8(2)17-18(9(11)3)13-5-10(6-15)12(14)7-16-13/h5,7H,4,6,15H2,1-3H3. The summed E-state index contributed by atoms with van der Waals surface area (Å²) >= 11 is 6.02. The Hall–Kier alpha value is -1.39. The largest absolute Gasteiger partial charge is 0.326 e. The van der Waals surface area contributed by atoms with Crippen LogP contribution in [0.3, 0.4) is 0 Å². The summed E-state index contributed by atoms with van der Waals surface area (Å²) in [5.41, 5.74) is 9.96. The van der Waals surface area contributed by atoms with E-state index in [2.05, 4.69) is 23.9 Å².